The number of aliphatic imine (C=N–C) groups is 1. The van der Waals surface area contributed by atoms with Crippen LogP contribution in [0.3, 0.4) is 0 Å². The van der Waals surface area contributed by atoms with E-state index in [9.17, 15) is 18.1 Å². The first kappa shape index (κ1) is 46.2. The Balaban J connectivity index is 1.06. The van der Waals surface area contributed by atoms with Crippen molar-refractivity contribution in [3.63, 3.8) is 0 Å². The summed E-state index contributed by atoms with van der Waals surface area (Å²) in [7, 11) is -6.59. The first-order valence-electron chi connectivity index (χ1n) is 23.5. The molecule has 4 aliphatic heterocycles. The number of sulfonamides is 1. The number of carbonyl (C=O) groups is 1. The Morgan fingerprint density at radius 2 is 1.71 bits per heavy atom. The molecular formula is C49H59FN9O7PS. The summed E-state index contributed by atoms with van der Waals surface area (Å²) in [6, 6.07) is 16.9. The lowest BCUT2D eigenvalue weighted by molar-refractivity contribution is -0.103. The van der Waals surface area contributed by atoms with Crippen LogP contribution >= 0.6 is 7.14 Å². The highest BCUT2D eigenvalue weighted by atomic mass is 32.2. The van der Waals surface area contributed by atoms with Gasteiger partial charge in [0.15, 0.2) is 5.84 Å². The molecule has 0 spiro atoms. The van der Waals surface area contributed by atoms with E-state index in [0.717, 1.165) is 41.3 Å². The van der Waals surface area contributed by atoms with Gasteiger partial charge in [-0.15, -0.1) is 0 Å². The van der Waals surface area contributed by atoms with Gasteiger partial charge in [-0.25, -0.2) is 32.8 Å². The third-order valence-electron chi connectivity index (χ3n) is 14.8. The second-order valence-corrected chi connectivity index (χ2v) is 24.3. The smallest absolute Gasteiger partial charge is 0.280 e. The molecule has 19 heteroatoms. The van der Waals surface area contributed by atoms with Crippen LogP contribution in [0.4, 0.5) is 21.6 Å². The number of hydrogen-bond acceptors (Lipinski definition) is 12. The zero-order valence-corrected chi connectivity index (χ0v) is 41.2. The lowest BCUT2D eigenvalue weighted by atomic mass is 9.91. The molecule has 1 aliphatic carbocycles. The minimum atomic E-state index is -3.71. The summed E-state index contributed by atoms with van der Waals surface area (Å²) in [5.41, 5.74) is 8.94. The number of carbonyl (C=O) groups excluding carboxylic acids is 1. The largest absolute Gasteiger partial charge is 0.381 e. The molecule has 2 aromatic heterocycles. The lowest BCUT2D eigenvalue weighted by Gasteiger charge is -2.35. The SMILES string of the molecule is CCP(=O)(CC)c1ccc(N2C=CN(c3c4c(nn3-c3cc(C)c(F)c(C)c3)CCN(C(=O)c3cc5cc(C6CCOCC6)ccc5n3[C@@]3(C5=NC(O)ON5)C[C@@H]3C)[C@H]4C)C2)cc1NS(C)(=O)=O. The number of aryl methyl sites for hydroxylation is 2. The molecule has 1 saturated heterocycles. The Morgan fingerprint density at radius 3 is 2.35 bits per heavy atom. The van der Waals surface area contributed by atoms with Crippen molar-refractivity contribution in [3.8, 4) is 5.69 Å². The zero-order chi connectivity index (χ0) is 48.0. The van der Waals surface area contributed by atoms with Crippen molar-refractivity contribution in [1.29, 1.82) is 0 Å². The van der Waals surface area contributed by atoms with E-state index in [0.29, 0.717) is 96.0 Å². The van der Waals surface area contributed by atoms with Crippen LogP contribution in [0.5, 0.6) is 0 Å². The van der Waals surface area contributed by atoms with E-state index >= 15 is 9.18 Å². The van der Waals surface area contributed by atoms with Gasteiger partial charge < -0.3 is 33.7 Å². The highest BCUT2D eigenvalue weighted by molar-refractivity contribution is 7.92. The molecule has 5 aromatic rings. The topological polar surface area (TPSA) is 176 Å². The zero-order valence-electron chi connectivity index (χ0n) is 39.5. The summed E-state index contributed by atoms with van der Waals surface area (Å²) < 4.78 is 66.7. The molecule has 0 bridgehead atoms. The fourth-order valence-electron chi connectivity index (χ4n) is 10.9. The molecule has 4 atom stereocenters. The van der Waals surface area contributed by atoms with Gasteiger partial charge in [0, 0.05) is 78.4 Å². The third kappa shape index (κ3) is 7.81. The Kier molecular flexibility index (Phi) is 11.7. The summed E-state index contributed by atoms with van der Waals surface area (Å²) in [5, 5.41) is 17.0. The van der Waals surface area contributed by atoms with Crippen LogP contribution in [-0.2, 0) is 36.1 Å². The molecule has 0 radical (unpaired) electrons. The average molecular weight is 968 g/mol. The molecular weight excluding hydrogens is 909 g/mol. The molecule has 6 heterocycles. The Bertz CT molecular complexity index is 3060. The van der Waals surface area contributed by atoms with Gasteiger partial charge in [0.25, 0.3) is 12.3 Å². The third-order valence-corrected chi connectivity index (χ3v) is 18.7. The van der Waals surface area contributed by atoms with Crippen LogP contribution < -0.4 is 25.3 Å². The monoisotopic (exact) mass is 967 g/mol. The minimum absolute atomic E-state index is 0.0694. The van der Waals surface area contributed by atoms with Crippen molar-refractivity contribution in [2.75, 3.05) is 59.5 Å². The fraction of sp³-hybridized carbons (Fsp3) is 0.449. The van der Waals surface area contributed by atoms with Gasteiger partial charge in [-0.05, 0) is 117 Å². The molecule has 10 rings (SSSR count). The van der Waals surface area contributed by atoms with Gasteiger partial charge in [-0.3, -0.25) is 9.52 Å². The molecule has 1 unspecified atom stereocenters. The number of ether oxygens (including phenoxy) is 1. The van der Waals surface area contributed by atoms with Crippen LogP contribution in [0.25, 0.3) is 16.6 Å². The van der Waals surface area contributed by atoms with Crippen molar-refractivity contribution < 1.29 is 36.8 Å². The van der Waals surface area contributed by atoms with E-state index in [2.05, 4.69) is 44.9 Å². The molecule has 68 heavy (non-hydrogen) atoms. The highest BCUT2D eigenvalue weighted by Crippen LogP contribution is 2.54. The van der Waals surface area contributed by atoms with Crippen LogP contribution in [0, 0.1) is 25.6 Å². The van der Waals surface area contributed by atoms with Crippen LogP contribution in [0.1, 0.15) is 97.4 Å². The predicted molar refractivity (Wildman–Crippen MR) is 262 cm³/mol. The van der Waals surface area contributed by atoms with E-state index < -0.39 is 35.2 Å². The molecule has 360 valence electrons. The Morgan fingerprint density at radius 1 is 1.00 bits per heavy atom. The number of aliphatic hydroxyl groups excluding tert-OH is 1. The van der Waals surface area contributed by atoms with E-state index in [1.54, 1.807) is 38.1 Å². The normalized spacial score (nSPS) is 23.0. The van der Waals surface area contributed by atoms with E-state index in [1.807, 2.05) is 64.7 Å². The molecule has 16 nitrogen and oxygen atoms in total. The molecule has 3 N–H and O–H groups in total. The van der Waals surface area contributed by atoms with Crippen LogP contribution in [-0.4, -0.2) is 95.9 Å². The summed E-state index contributed by atoms with van der Waals surface area (Å²) in [6.45, 7) is 13.4. The molecule has 1 amide bonds. The first-order chi connectivity index (χ1) is 32.4. The minimum Gasteiger partial charge on any atom is -0.381 e. The van der Waals surface area contributed by atoms with Crippen molar-refractivity contribution in [1.82, 2.24) is 24.7 Å². The number of rotatable bonds is 12. The number of hydroxylamine groups is 1. The molecule has 5 aliphatic rings. The second kappa shape index (κ2) is 17.2. The van der Waals surface area contributed by atoms with E-state index in [-0.39, 0.29) is 30.0 Å². The standard InChI is InChI=1S/C49H59FN9O7PS/c1-8-67(62,9-2)42-13-11-36(26-39(42)54-68(7,63)64)55-18-19-56(28-55)45-43-32(6)57(17-14-38(43)52-59(45)37-22-29(3)44(50)30(4)23-37)46(60)41-25-35-24-34(33-15-20-65-21-16-33)10-12-40(35)58(41)49(27-31(49)5)47-51-48(61)66-53-47/h10-13,18-19,22-26,31-33,48,54,61H,8-9,14-17,20-21,27-28H2,1-7H3,(H,51,53)/t31-,32-,48?,49-/m0/s1. The van der Waals surface area contributed by atoms with Gasteiger partial charge in [-0.2, -0.15) is 5.10 Å². The van der Waals surface area contributed by atoms with Crippen LogP contribution in [0.2, 0.25) is 0 Å². The maximum atomic E-state index is 15.6. The lowest BCUT2D eigenvalue weighted by Crippen LogP contribution is -2.43. The Labute approximate surface area is 396 Å². The second-order valence-electron chi connectivity index (χ2n) is 19.0. The van der Waals surface area contributed by atoms with Crippen LogP contribution in [0.15, 0.2) is 72.0 Å². The number of aromatic nitrogens is 3. The predicted octanol–water partition coefficient (Wildman–Crippen LogP) is 7.34. The quantitative estimate of drug-likeness (QED) is 0.107. The first-order valence-corrected chi connectivity index (χ1v) is 27.4. The summed E-state index contributed by atoms with van der Waals surface area (Å²) in [6.07, 6.45) is 7.29. The summed E-state index contributed by atoms with van der Waals surface area (Å²) in [4.78, 5) is 31.3. The van der Waals surface area contributed by atoms with Gasteiger partial charge >= 0.3 is 0 Å². The number of nitrogens with zero attached hydrogens (tertiary/aromatic N) is 7. The van der Waals surface area contributed by atoms with E-state index in [4.69, 9.17) is 14.7 Å². The Hall–Kier alpha value is -5.52. The van der Waals surface area contributed by atoms with Crippen molar-refractivity contribution >= 4 is 62.3 Å². The fourth-order valence-corrected chi connectivity index (χ4v) is 13.6. The van der Waals surface area contributed by atoms with Crippen molar-refractivity contribution in [2.24, 2.45) is 10.9 Å². The van der Waals surface area contributed by atoms with Crippen molar-refractivity contribution in [3.05, 3.63) is 106 Å². The van der Waals surface area contributed by atoms with Gasteiger partial charge in [0.05, 0.1) is 29.4 Å². The average Bonchev–Trinajstić information content (AvgIpc) is 3.89. The van der Waals surface area contributed by atoms with E-state index in [1.165, 1.54) is 5.56 Å². The molecule has 1 saturated carbocycles. The van der Waals surface area contributed by atoms with Crippen molar-refractivity contribution in [2.45, 2.75) is 91.1 Å². The number of hydrogen-bond donors (Lipinski definition) is 3. The summed E-state index contributed by atoms with van der Waals surface area (Å²) in [5.74, 6) is 1.13. The number of benzene rings is 3. The van der Waals surface area contributed by atoms with Gasteiger partial charge in [0.1, 0.15) is 36.7 Å². The number of aliphatic hydroxyl groups is 1. The molecule has 2 fully saturated rings. The highest BCUT2D eigenvalue weighted by Gasteiger charge is 2.60. The number of fused-ring (bicyclic) bond motifs is 2. The molecule has 3 aromatic carbocycles. The number of amides is 1. The summed E-state index contributed by atoms with van der Waals surface area (Å²) >= 11 is 0. The number of nitrogens with one attached hydrogen (secondary N) is 2. The maximum Gasteiger partial charge on any atom is 0.280 e. The number of amidine groups is 1. The maximum absolute atomic E-state index is 15.6. The number of halogens is 1. The van der Waals surface area contributed by atoms with Gasteiger partial charge in [0.2, 0.25) is 10.0 Å². The number of anilines is 3. The van der Waals surface area contributed by atoms with Gasteiger partial charge in [-0.1, -0.05) is 26.8 Å².